The van der Waals surface area contributed by atoms with Gasteiger partial charge in [-0.25, -0.2) is 29.1 Å². The number of nitrogens with two attached hydrogens (primary N) is 1. The second-order valence-corrected chi connectivity index (χ2v) is 11.0. The molecule has 0 saturated heterocycles. The number of nitro groups is 1. The van der Waals surface area contributed by atoms with Gasteiger partial charge >= 0.3 is 17.6 Å². The van der Waals surface area contributed by atoms with Gasteiger partial charge in [-0.05, 0) is 30.2 Å². The highest BCUT2D eigenvalue weighted by molar-refractivity contribution is 7.91. The van der Waals surface area contributed by atoms with Crippen molar-refractivity contribution in [2.45, 2.75) is 11.9 Å². The zero-order chi connectivity index (χ0) is 29.9. The van der Waals surface area contributed by atoms with Crippen molar-refractivity contribution in [3.8, 4) is 5.75 Å². The second kappa shape index (κ2) is 11.5. The van der Waals surface area contributed by atoms with Crippen LogP contribution in [0.1, 0.15) is 26.3 Å². The number of aliphatic imine (C=N–C) groups is 1. The number of rotatable bonds is 10. The summed E-state index contributed by atoms with van der Waals surface area (Å²) in [6.45, 7) is 0. The van der Waals surface area contributed by atoms with Crippen molar-refractivity contribution in [2.75, 3.05) is 20.4 Å². The Balaban J connectivity index is 2.26. The number of carbonyl (C=O) groups excluding carboxylic acids is 1. The van der Waals surface area contributed by atoms with Gasteiger partial charge in [-0.3, -0.25) is 19.7 Å². The van der Waals surface area contributed by atoms with E-state index in [0.29, 0.717) is 10.6 Å². The van der Waals surface area contributed by atoms with E-state index in [1.54, 1.807) is 30.3 Å². The number of hydrazine groups is 1. The van der Waals surface area contributed by atoms with Crippen molar-refractivity contribution in [3.63, 3.8) is 0 Å². The maximum absolute atomic E-state index is 12.6. The molecule has 0 radical (unpaired) electrons. The minimum Gasteiger partial charge on any atom is -0.481 e. The third-order valence-corrected chi connectivity index (χ3v) is 6.76. The van der Waals surface area contributed by atoms with Crippen LogP contribution in [0.2, 0.25) is 0 Å². The summed E-state index contributed by atoms with van der Waals surface area (Å²) in [5.74, 6) is -0.721. The number of aliphatic carboxylic acids is 1. The summed E-state index contributed by atoms with van der Waals surface area (Å²) in [5, 5.41) is 32.1. The number of amides is 1. The molecular weight excluding hydrogens is 550 g/mol. The molecule has 0 saturated carbocycles. The van der Waals surface area contributed by atoms with E-state index in [-0.39, 0.29) is 12.0 Å². The number of carbonyl (C=O) groups is 3. The lowest BCUT2D eigenvalue weighted by molar-refractivity contribution is -0.420. The molecule has 0 spiro atoms. The first-order valence-corrected chi connectivity index (χ1v) is 13.3. The number of allylic oxidation sites excluding steroid dienone is 1. The molecule has 0 bridgehead atoms. The Morgan fingerprint density at radius 1 is 1.15 bits per heavy atom. The average Bonchev–Trinajstić information content (AvgIpc) is 2.87. The molecule has 40 heavy (non-hydrogen) atoms. The normalized spacial score (nSPS) is 16.1. The van der Waals surface area contributed by atoms with Crippen molar-refractivity contribution in [1.82, 2.24) is 9.91 Å². The molecular formula is C24H25N5O10S. The summed E-state index contributed by atoms with van der Waals surface area (Å²) in [4.78, 5) is 52.8. The van der Waals surface area contributed by atoms with E-state index in [2.05, 4.69) is 4.99 Å². The summed E-state index contributed by atoms with van der Waals surface area (Å²) in [7, 11) is -1.43. The zero-order valence-electron chi connectivity index (χ0n) is 21.4. The molecule has 16 heteroatoms. The summed E-state index contributed by atoms with van der Waals surface area (Å²) in [5.41, 5.74) is -3.92. The van der Waals surface area contributed by atoms with Gasteiger partial charge in [-0.2, -0.15) is 0 Å². The number of benzene rings is 2. The first kappa shape index (κ1) is 29.7. The number of hydrogen-bond donors (Lipinski definition) is 3. The number of hydrogen-bond acceptors (Lipinski definition) is 11. The lowest BCUT2D eigenvalue weighted by atomic mass is 9.92. The van der Waals surface area contributed by atoms with Gasteiger partial charge in [-0.1, -0.05) is 30.3 Å². The summed E-state index contributed by atoms with van der Waals surface area (Å²) < 4.78 is 30.8. The van der Waals surface area contributed by atoms with Crippen molar-refractivity contribution < 1.29 is 42.7 Å². The molecule has 2 aromatic carbocycles. The van der Waals surface area contributed by atoms with E-state index in [1.807, 2.05) is 0 Å². The molecule has 0 aliphatic carbocycles. The predicted octanol–water partition coefficient (Wildman–Crippen LogP) is 0.813. The first-order valence-electron chi connectivity index (χ1n) is 11.4. The largest absolute Gasteiger partial charge is 0.481 e. The number of sulfone groups is 1. The molecule has 1 heterocycles. The van der Waals surface area contributed by atoms with Gasteiger partial charge in [0.15, 0.2) is 9.84 Å². The van der Waals surface area contributed by atoms with Crippen molar-refractivity contribution >= 4 is 33.4 Å². The summed E-state index contributed by atoms with van der Waals surface area (Å²) in [6.07, 6.45) is 0.440. The van der Waals surface area contributed by atoms with Gasteiger partial charge in [0.25, 0.3) is 11.8 Å². The van der Waals surface area contributed by atoms with Gasteiger partial charge in [0.05, 0.1) is 10.5 Å². The van der Waals surface area contributed by atoms with E-state index in [1.165, 1.54) is 14.1 Å². The van der Waals surface area contributed by atoms with Crippen LogP contribution in [0.5, 0.6) is 5.75 Å². The Bertz CT molecular complexity index is 1540. The summed E-state index contributed by atoms with van der Waals surface area (Å²) >= 11 is 0. The van der Waals surface area contributed by atoms with Crippen LogP contribution in [0.4, 0.5) is 0 Å². The molecule has 15 nitrogen and oxygen atoms in total. The Morgan fingerprint density at radius 3 is 2.25 bits per heavy atom. The molecule has 4 N–H and O–H groups in total. The highest BCUT2D eigenvalue weighted by Crippen LogP contribution is 2.31. The number of carboxylic acid groups (broad SMARTS) is 2. The van der Waals surface area contributed by atoms with Crippen molar-refractivity contribution in [1.29, 1.82) is 0 Å². The monoisotopic (exact) mass is 575 g/mol. The summed E-state index contributed by atoms with van der Waals surface area (Å²) in [6, 6.07) is 11.1. The molecule has 2 atom stereocenters. The van der Waals surface area contributed by atoms with Crippen LogP contribution < -0.4 is 10.6 Å². The highest BCUT2D eigenvalue weighted by Gasteiger charge is 2.46. The van der Waals surface area contributed by atoms with Gasteiger partial charge in [0.2, 0.25) is 5.50 Å². The van der Waals surface area contributed by atoms with Crippen LogP contribution in [-0.2, 0) is 21.1 Å². The molecule has 212 valence electrons. The van der Waals surface area contributed by atoms with E-state index in [4.69, 9.17) is 10.6 Å². The van der Waals surface area contributed by atoms with E-state index < -0.39 is 72.6 Å². The van der Waals surface area contributed by atoms with Gasteiger partial charge < -0.3 is 19.8 Å². The standard InChI is InChI=1S/C24H25N5O10S/c1-27(2)20(30)14-10-15(22(31)32)12-16(11-14)39-21-19(29(35)36)18(26-24(28(21)25)40(3,37)38)17(23(33)34)9-13-7-5-4-6-8-13/h4-8,10-12,17,24H,9,25H2,1-3H3,(H,31,32)(H,33,34). The SMILES string of the molecule is CN(C)C(=O)c1cc(OC2=C([N+](=O)[O-])C(C(Cc3ccccc3)C(=O)O)=NC(S(C)(=O)=O)N2N)cc(C(=O)O)c1. The van der Waals surface area contributed by atoms with E-state index in [0.717, 1.165) is 29.4 Å². The Labute approximate surface area is 227 Å². The van der Waals surface area contributed by atoms with Crippen molar-refractivity contribution in [2.24, 2.45) is 16.8 Å². The Morgan fingerprint density at radius 2 is 1.75 bits per heavy atom. The topological polar surface area (TPSA) is 223 Å². The van der Waals surface area contributed by atoms with Crippen LogP contribution in [0, 0.1) is 16.0 Å². The molecule has 0 aromatic heterocycles. The maximum atomic E-state index is 12.6. The second-order valence-electron chi connectivity index (χ2n) is 8.92. The van der Waals surface area contributed by atoms with Crippen LogP contribution in [-0.4, -0.2) is 82.9 Å². The number of aromatic carboxylic acids is 1. The minimum atomic E-state index is -4.24. The molecule has 0 fully saturated rings. The lowest BCUT2D eigenvalue weighted by Gasteiger charge is -2.31. The van der Waals surface area contributed by atoms with Gasteiger partial charge in [0.1, 0.15) is 17.4 Å². The minimum absolute atomic E-state index is 0.163. The zero-order valence-corrected chi connectivity index (χ0v) is 22.2. The number of nitrogens with zero attached hydrogens (tertiary/aromatic N) is 4. The van der Waals surface area contributed by atoms with E-state index in [9.17, 15) is 43.1 Å². The highest BCUT2D eigenvalue weighted by atomic mass is 32.2. The van der Waals surface area contributed by atoms with Crippen LogP contribution >= 0.6 is 0 Å². The predicted molar refractivity (Wildman–Crippen MR) is 139 cm³/mol. The smallest absolute Gasteiger partial charge is 0.352 e. The molecule has 1 aliphatic rings. The first-order chi connectivity index (χ1) is 18.6. The van der Waals surface area contributed by atoms with Crippen LogP contribution in [0.25, 0.3) is 0 Å². The third kappa shape index (κ3) is 6.41. The molecule has 1 amide bonds. The van der Waals surface area contributed by atoms with Gasteiger partial charge in [0, 0.05) is 25.9 Å². The fourth-order valence-corrected chi connectivity index (χ4v) is 4.64. The Hall–Kier alpha value is -4.83. The molecule has 2 aromatic rings. The van der Waals surface area contributed by atoms with E-state index >= 15 is 0 Å². The van der Waals surface area contributed by atoms with Crippen LogP contribution in [0.3, 0.4) is 0 Å². The van der Waals surface area contributed by atoms with Crippen LogP contribution in [0.15, 0.2) is 65.1 Å². The Kier molecular flexibility index (Phi) is 8.55. The van der Waals surface area contributed by atoms with Gasteiger partial charge in [-0.15, -0.1) is 0 Å². The number of ether oxygens (including phenoxy) is 1. The third-order valence-electron chi connectivity index (χ3n) is 5.66. The fourth-order valence-electron chi connectivity index (χ4n) is 3.83. The average molecular weight is 576 g/mol. The lowest BCUT2D eigenvalue weighted by Crippen LogP contribution is -2.51. The molecule has 1 aliphatic heterocycles. The fraction of sp³-hybridized carbons (Fsp3) is 0.250. The maximum Gasteiger partial charge on any atom is 0.352 e. The van der Waals surface area contributed by atoms with Crippen molar-refractivity contribution in [3.05, 3.63) is 86.9 Å². The molecule has 3 rings (SSSR count). The quantitative estimate of drug-likeness (QED) is 0.203. The molecule has 2 unspecified atom stereocenters. The number of carboxylic acids is 2.